The van der Waals surface area contributed by atoms with E-state index in [2.05, 4.69) is 4.98 Å². The molecular formula is C24H19NO6. The number of carbonyl (C=O) groups is 1. The number of methoxy groups -OCH3 is 1. The number of pyridine rings is 1. The maximum atomic E-state index is 12.9. The molecule has 0 saturated heterocycles. The molecule has 31 heavy (non-hydrogen) atoms. The molecule has 0 aliphatic carbocycles. The van der Waals surface area contributed by atoms with Crippen molar-refractivity contribution in [3.63, 3.8) is 0 Å². The molecule has 2 aromatic heterocycles. The van der Waals surface area contributed by atoms with Gasteiger partial charge in [-0.05, 0) is 17.7 Å². The van der Waals surface area contributed by atoms with E-state index in [0.29, 0.717) is 11.1 Å². The van der Waals surface area contributed by atoms with Gasteiger partial charge in [-0.25, -0.2) is 0 Å². The van der Waals surface area contributed by atoms with E-state index >= 15 is 0 Å². The lowest BCUT2D eigenvalue weighted by Gasteiger charge is -2.20. The van der Waals surface area contributed by atoms with E-state index in [4.69, 9.17) is 9.15 Å². The van der Waals surface area contributed by atoms with E-state index in [1.807, 2.05) is 6.07 Å². The maximum Gasteiger partial charge on any atom is 0.306 e. The average Bonchev–Trinajstić information content (AvgIpc) is 2.78. The first-order chi connectivity index (χ1) is 15.0. The van der Waals surface area contributed by atoms with E-state index in [0.717, 1.165) is 6.07 Å². The molecule has 0 saturated carbocycles. The number of esters is 1. The predicted octanol–water partition coefficient (Wildman–Crippen LogP) is 3.96. The van der Waals surface area contributed by atoms with Gasteiger partial charge in [-0.2, -0.15) is 0 Å². The van der Waals surface area contributed by atoms with Crippen LogP contribution in [-0.2, 0) is 9.53 Å². The zero-order valence-corrected chi connectivity index (χ0v) is 16.6. The molecule has 0 fully saturated rings. The highest BCUT2D eigenvalue weighted by molar-refractivity contribution is 5.90. The van der Waals surface area contributed by atoms with E-state index < -0.39 is 23.1 Å². The number of benzene rings is 2. The van der Waals surface area contributed by atoms with Crippen molar-refractivity contribution in [2.24, 2.45) is 0 Å². The lowest BCUT2D eigenvalue weighted by molar-refractivity contribution is -0.140. The van der Waals surface area contributed by atoms with E-state index in [1.54, 1.807) is 48.8 Å². The highest BCUT2D eigenvalue weighted by Crippen LogP contribution is 2.42. The van der Waals surface area contributed by atoms with E-state index in [1.165, 1.54) is 13.2 Å². The quantitative estimate of drug-likeness (QED) is 0.473. The average molecular weight is 417 g/mol. The summed E-state index contributed by atoms with van der Waals surface area (Å²) in [6, 6.07) is 14.8. The molecule has 1 unspecified atom stereocenters. The smallest absolute Gasteiger partial charge is 0.306 e. The third-order valence-corrected chi connectivity index (χ3v) is 5.11. The van der Waals surface area contributed by atoms with Crippen LogP contribution in [0.3, 0.4) is 0 Å². The normalized spacial score (nSPS) is 11.9. The van der Waals surface area contributed by atoms with Gasteiger partial charge in [0.05, 0.1) is 13.5 Å². The number of fused-ring (bicyclic) bond motifs is 1. The Morgan fingerprint density at radius 1 is 1.06 bits per heavy atom. The Morgan fingerprint density at radius 2 is 1.77 bits per heavy atom. The number of rotatable bonds is 5. The molecule has 0 bridgehead atoms. The largest absolute Gasteiger partial charge is 0.507 e. The number of aromatic nitrogens is 1. The summed E-state index contributed by atoms with van der Waals surface area (Å²) in [4.78, 5) is 29.1. The molecular weight excluding hydrogens is 398 g/mol. The fourth-order valence-corrected chi connectivity index (χ4v) is 3.64. The van der Waals surface area contributed by atoms with Gasteiger partial charge in [0.25, 0.3) is 0 Å². The lowest BCUT2D eigenvalue weighted by Crippen LogP contribution is -2.12. The molecule has 2 heterocycles. The summed E-state index contributed by atoms with van der Waals surface area (Å²) < 4.78 is 10.9. The monoisotopic (exact) mass is 417 g/mol. The van der Waals surface area contributed by atoms with Crippen LogP contribution in [-0.4, -0.2) is 28.3 Å². The first-order valence-electron chi connectivity index (χ1n) is 9.54. The fraction of sp³-hybridized carbons (Fsp3) is 0.125. The van der Waals surface area contributed by atoms with Crippen molar-refractivity contribution in [2.75, 3.05) is 7.11 Å². The predicted molar refractivity (Wildman–Crippen MR) is 114 cm³/mol. The van der Waals surface area contributed by atoms with Gasteiger partial charge in [-0.1, -0.05) is 30.3 Å². The maximum absolute atomic E-state index is 12.9. The highest BCUT2D eigenvalue weighted by atomic mass is 16.5. The van der Waals surface area contributed by atoms with Crippen LogP contribution in [0.4, 0.5) is 0 Å². The number of phenols is 2. The van der Waals surface area contributed by atoms with Gasteiger partial charge < -0.3 is 19.4 Å². The van der Waals surface area contributed by atoms with Gasteiger partial charge in [0.15, 0.2) is 5.43 Å². The topological polar surface area (TPSA) is 110 Å². The van der Waals surface area contributed by atoms with Crippen molar-refractivity contribution in [3.05, 3.63) is 88.3 Å². The summed E-state index contributed by atoms with van der Waals surface area (Å²) in [6.07, 6.45) is 3.00. The number of phenolic OH excluding ortho intramolecular Hbond substituents is 2. The van der Waals surface area contributed by atoms with Crippen molar-refractivity contribution in [3.8, 4) is 22.8 Å². The molecule has 0 aliphatic rings. The molecule has 0 aliphatic heterocycles. The summed E-state index contributed by atoms with van der Waals surface area (Å²) >= 11 is 0. The van der Waals surface area contributed by atoms with E-state index in [-0.39, 0.29) is 34.5 Å². The Labute approximate surface area is 177 Å². The van der Waals surface area contributed by atoms with Crippen molar-refractivity contribution in [1.82, 2.24) is 4.98 Å². The number of hydrogen-bond donors (Lipinski definition) is 2. The minimum Gasteiger partial charge on any atom is -0.507 e. The molecule has 0 spiro atoms. The summed E-state index contributed by atoms with van der Waals surface area (Å²) in [5.41, 5.74) is 1.07. The minimum atomic E-state index is -0.701. The lowest BCUT2D eigenvalue weighted by atomic mass is 9.87. The van der Waals surface area contributed by atoms with Crippen LogP contribution in [0.2, 0.25) is 0 Å². The molecule has 156 valence electrons. The molecule has 7 nitrogen and oxygen atoms in total. The third kappa shape index (κ3) is 3.85. The second kappa shape index (κ2) is 8.31. The van der Waals surface area contributed by atoms with E-state index in [9.17, 15) is 19.8 Å². The summed E-state index contributed by atoms with van der Waals surface area (Å²) in [5.74, 6) is -1.65. The van der Waals surface area contributed by atoms with Crippen LogP contribution in [0, 0.1) is 0 Å². The second-order valence-corrected chi connectivity index (χ2v) is 6.99. The summed E-state index contributed by atoms with van der Waals surface area (Å²) in [5, 5.41) is 21.1. The summed E-state index contributed by atoms with van der Waals surface area (Å²) in [6.45, 7) is 0. The first kappa shape index (κ1) is 20.2. The van der Waals surface area contributed by atoms with Crippen molar-refractivity contribution < 1.29 is 24.2 Å². The van der Waals surface area contributed by atoms with Crippen LogP contribution in [0.15, 0.2) is 76.2 Å². The Bertz CT molecular complexity index is 1300. The van der Waals surface area contributed by atoms with Gasteiger partial charge in [0.2, 0.25) is 0 Å². The zero-order valence-electron chi connectivity index (χ0n) is 16.6. The molecule has 2 N–H and O–H groups in total. The third-order valence-electron chi connectivity index (χ3n) is 5.11. The minimum absolute atomic E-state index is 0.00886. The molecule has 2 aromatic carbocycles. The van der Waals surface area contributed by atoms with Gasteiger partial charge in [0, 0.05) is 41.6 Å². The van der Waals surface area contributed by atoms with Gasteiger partial charge in [-0.15, -0.1) is 0 Å². The molecule has 7 heteroatoms. The molecule has 4 rings (SSSR count). The van der Waals surface area contributed by atoms with Crippen molar-refractivity contribution in [2.45, 2.75) is 12.3 Å². The molecule has 4 aromatic rings. The molecule has 0 amide bonds. The van der Waals surface area contributed by atoms with Crippen LogP contribution in [0.5, 0.6) is 11.5 Å². The second-order valence-electron chi connectivity index (χ2n) is 6.99. The SMILES string of the molecule is COC(=O)CC(c1ccncc1)c1c(O)cc(O)c2c(=O)cc(-c3ccccc3)oc12. The Hall–Kier alpha value is -4.13. The van der Waals surface area contributed by atoms with Crippen LogP contribution < -0.4 is 5.43 Å². The number of ether oxygens (including phenoxy) is 1. The Kier molecular flexibility index (Phi) is 5.41. The van der Waals surface area contributed by atoms with Gasteiger partial charge >= 0.3 is 5.97 Å². The summed E-state index contributed by atoms with van der Waals surface area (Å²) in [7, 11) is 1.27. The standard InChI is InChI=1S/C24H19NO6/c1-30-21(29)11-16(14-7-9-25-10-8-14)22-17(26)12-18(27)23-19(28)13-20(31-24(22)23)15-5-3-2-4-6-15/h2-10,12-13,16,26-27H,11H2,1H3. The number of hydrogen-bond acceptors (Lipinski definition) is 7. The van der Waals surface area contributed by atoms with Crippen molar-refractivity contribution in [1.29, 1.82) is 0 Å². The Balaban J connectivity index is 2.04. The number of carbonyl (C=O) groups excluding carboxylic acids is 1. The molecule has 1 atom stereocenters. The van der Waals surface area contributed by atoms with Crippen LogP contribution in [0.1, 0.15) is 23.5 Å². The highest BCUT2D eigenvalue weighted by Gasteiger charge is 2.28. The fourth-order valence-electron chi connectivity index (χ4n) is 3.64. The van der Waals surface area contributed by atoms with Crippen LogP contribution in [0.25, 0.3) is 22.3 Å². The zero-order chi connectivity index (χ0) is 22.0. The van der Waals surface area contributed by atoms with Gasteiger partial charge in [0.1, 0.15) is 28.2 Å². The number of aromatic hydroxyl groups is 2. The van der Waals surface area contributed by atoms with Crippen LogP contribution >= 0.6 is 0 Å². The number of nitrogens with zero attached hydrogens (tertiary/aromatic N) is 1. The first-order valence-corrected chi connectivity index (χ1v) is 9.54. The van der Waals surface area contributed by atoms with Gasteiger partial charge in [-0.3, -0.25) is 14.6 Å². The molecule has 0 radical (unpaired) electrons. The Morgan fingerprint density at radius 3 is 2.45 bits per heavy atom. The van der Waals surface area contributed by atoms with Crippen molar-refractivity contribution >= 4 is 16.9 Å².